The molecule has 0 bridgehead atoms. The first-order valence-corrected chi connectivity index (χ1v) is 4.67. The van der Waals surface area contributed by atoms with E-state index >= 15 is 0 Å². The highest BCUT2D eigenvalue weighted by atomic mass is 16.5. The zero-order valence-corrected chi connectivity index (χ0v) is 7.91. The van der Waals surface area contributed by atoms with Crippen molar-refractivity contribution >= 4 is 11.9 Å². The smallest absolute Gasteiger partial charge is 0.325 e. The van der Waals surface area contributed by atoms with Crippen LogP contribution < -0.4 is 0 Å². The van der Waals surface area contributed by atoms with Crippen molar-refractivity contribution < 1.29 is 14.3 Å². The predicted octanol–water partition coefficient (Wildman–Crippen LogP) is 0.562. The highest BCUT2D eigenvalue weighted by Crippen LogP contribution is 2.09. The Labute approximate surface area is 77.8 Å². The summed E-state index contributed by atoms with van der Waals surface area (Å²) in [6.45, 7) is 2.95. The van der Waals surface area contributed by atoms with Gasteiger partial charge in [-0.05, 0) is 19.8 Å². The zero-order chi connectivity index (χ0) is 9.68. The molecule has 1 amide bonds. The molecule has 13 heavy (non-hydrogen) atoms. The molecule has 4 nitrogen and oxygen atoms in total. The third kappa shape index (κ3) is 3.05. The number of piperidine rings is 1. The van der Waals surface area contributed by atoms with Crippen molar-refractivity contribution in [3.8, 4) is 0 Å². The Morgan fingerprint density at radius 3 is 2.92 bits per heavy atom. The molecule has 1 aliphatic rings. The van der Waals surface area contributed by atoms with Crippen molar-refractivity contribution in [2.24, 2.45) is 0 Å². The molecule has 0 unspecified atom stereocenters. The molecule has 0 N–H and O–H groups in total. The van der Waals surface area contributed by atoms with Crippen LogP contribution in [-0.2, 0) is 14.3 Å². The third-order valence-corrected chi connectivity index (χ3v) is 2.05. The van der Waals surface area contributed by atoms with E-state index in [1.807, 2.05) is 0 Å². The molecule has 0 aromatic carbocycles. The second-order valence-corrected chi connectivity index (χ2v) is 3.08. The van der Waals surface area contributed by atoms with Gasteiger partial charge in [0.25, 0.3) is 0 Å². The van der Waals surface area contributed by atoms with Crippen LogP contribution in [0.3, 0.4) is 0 Å². The average Bonchev–Trinajstić information content (AvgIpc) is 2.09. The summed E-state index contributed by atoms with van der Waals surface area (Å²) in [4.78, 5) is 23.9. The highest BCUT2D eigenvalue weighted by molar-refractivity contribution is 5.82. The van der Waals surface area contributed by atoms with Crippen LogP contribution in [0.15, 0.2) is 0 Å². The molecule has 0 radical (unpaired) electrons. The molecule has 74 valence electrons. The van der Waals surface area contributed by atoms with Gasteiger partial charge in [-0.15, -0.1) is 0 Å². The van der Waals surface area contributed by atoms with Crippen LogP contribution in [0.5, 0.6) is 0 Å². The van der Waals surface area contributed by atoms with E-state index in [9.17, 15) is 9.59 Å². The van der Waals surface area contributed by atoms with E-state index in [0.717, 1.165) is 12.8 Å². The lowest BCUT2D eigenvalue weighted by atomic mass is 10.1. The molecular weight excluding hydrogens is 170 g/mol. The molecule has 0 aromatic rings. The molecule has 1 saturated heterocycles. The Morgan fingerprint density at radius 2 is 2.31 bits per heavy atom. The summed E-state index contributed by atoms with van der Waals surface area (Å²) in [5.74, 6) is -0.239. The second kappa shape index (κ2) is 4.84. The Balaban J connectivity index is 2.33. The number of esters is 1. The summed E-state index contributed by atoms with van der Waals surface area (Å²) in [5, 5.41) is 0. The zero-order valence-electron chi connectivity index (χ0n) is 7.91. The van der Waals surface area contributed by atoms with Crippen molar-refractivity contribution in [2.75, 3.05) is 19.7 Å². The second-order valence-electron chi connectivity index (χ2n) is 3.08. The number of ether oxygens (including phenoxy) is 1. The highest BCUT2D eigenvalue weighted by Gasteiger charge is 2.20. The Kier molecular flexibility index (Phi) is 3.73. The Hall–Kier alpha value is -1.06. The van der Waals surface area contributed by atoms with E-state index in [4.69, 9.17) is 4.74 Å². The molecular formula is C9H15NO3. The molecule has 4 heteroatoms. The molecule has 0 saturated carbocycles. The lowest BCUT2D eigenvalue weighted by Crippen LogP contribution is -2.39. The maximum absolute atomic E-state index is 11.3. The van der Waals surface area contributed by atoms with Crippen LogP contribution in [0.2, 0.25) is 0 Å². The monoisotopic (exact) mass is 185 g/mol. The molecule has 1 aliphatic heterocycles. The van der Waals surface area contributed by atoms with Crippen molar-refractivity contribution in [1.82, 2.24) is 4.90 Å². The number of carbonyl (C=O) groups is 2. The molecule has 0 spiro atoms. The lowest BCUT2D eigenvalue weighted by molar-refractivity contribution is -0.149. The van der Waals surface area contributed by atoms with Gasteiger partial charge in [0.05, 0.1) is 6.61 Å². The van der Waals surface area contributed by atoms with Gasteiger partial charge >= 0.3 is 5.97 Å². The summed E-state index contributed by atoms with van der Waals surface area (Å²) in [7, 11) is 0. The van der Waals surface area contributed by atoms with Crippen molar-refractivity contribution in [2.45, 2.75) is 26.2 Å². The van der Waals surface area contributed by atoms with E-state index in [1.165, 1.54) is 0 Å². The minimum absolute atomic E-state index is 0.0688. The number of rotatable bonds is 3. The number of hydrogen-bond donors (Lipinski definition) is 0. The van der Waals surface area contributed by atoms with Crippen LogP contribution in [0.25, 0.3) is 0 Å². The Morgan fingerprint density at radius 1 is 1.54 bits per heavy atom. The molecule has 0 atom stereocenters. The third-order valence-electron chi connectivity index (χ3n) is 2.05. The molecule has 0 aliphatic carbocycles. The standard InChI is InChI=1S/C9H15NO3/c1-2-13-9(12)7-10-6-4-3-5-8(10)11/h2-7H2,1H3. The Bertz CT molecular complexity index is 203. The van der Waals surface area contributed by atoms with Gasteiger partial charge in [0.1, 0.15) is 6.54 Å². The number of hydrogen-bond acceptors (Lipinski definition) is 3. The molecule has 1 rings (SSSR count). The van der Waals surface area contributed by atoms with Crippen molar-refractivity contribution in [3.63, 3.8) is 0 Å². The van der Waals surface area contributed by atoms with E-state index in [-0.39, 0.29) is 18.4 Å². The first-order chi connectivity index (χ1) is 6.24. The fraction of sp³-hybridized carbons (Fsp3) is 0.778. The van der Waals surface area contributed by atoms with Crippen molar-refractivity contribution in [1.29, 1.82) is 0 Å². The number of likely N-dealkylation sites (tertiary alicyclic amines) is 1. The first-order valence-electron chi connectivity index (χ1n) is 4.67. The first kappa shape index (κ1) is 10.0. The fourth-order valence-electron chi connectivity index (χ4n) is 1.39. The molecule has 0 aromatic heterocycles. The normalized spacial score (nSPS) is 17.3. The number of nitrogens with zero attached hydrogens (tertiary/aromatic N) is 1. The SMILES string of the molecule is CCOC(=O)CN1CCCCC1=O. The van der Waals surface area contributed by atoms with Crippen LogP contribution in [0.1, 0.15) is 26.2 Å². The maximum atomic E-state index is 11.3. The quantitative estimate of drug-likeness (QED) is 0.604. The lowest BCUT2D eigenvalue weighted by Gasteiger charge is -2.25. The van der Waals surface area contributed by atoms with Gasteiger partial charge in [-0.2, -0.15) is 0 Å². The minimum atomic E-state index is -0.308. The number of amides is 1. The summed E-state index contributed by atoms with van der Waals surface area (Å²) < 4.78 is 4.76. The van der Waals surface area contributed by atoms with E-state index in [1.54, 1.807) is 11.8 Å². The summed E-state index contributed by atoms with van der Waals surface area (Å²) >= 11 is 0. The average molecular weight is 185 g/mol. The van der Waals surface area contributed by atoms with Gasteiger partial charge in [0.2, 0.25) is 5.91 Å². The topological polar surface area (TPSA) is 46.6 Å². The summed E-state index contributed by atoms with van der Waals surface area (Å²) in [6, 6.07) is 0. The van der Waals surface area contributed by atoms with E-state index in [2.05, 4.69) is 0 Å². The van der Waals surface area contributed by atoms with Crippen LogP contribution in [-0.4, -0.2) is 36.5 Å². The summed E-state index contributed by atoms with van der Waals surface area (Å²) in [5.41, 5.74) is 0. The minimum Gasteiger partial charge on any atom is -0.465 e. The van der Waals surface area contributed by atoms with Gasteiger partial charge in [-0.25, -0.2) is 0 Å². The largest absolute Gasteiger partial charge is 0.465 e. The van der Waals surface area contributed by atoms with E-state index in [0.29, 0.717) is 19.6 Å². The van der Waals surface area contributed by atoms with Crippen LogP contribution >= 0.6 is 0 Å². The maximum Gasteiger partial charge on any atom is 0.325 e. The van der Waals surface area contributed by atoms with Crippen LogP contribution in [0, 0.1) is 0 Å². The molecule has 1 heterocycles. The van der Waals surface area contributed by atoms with Gasteiger partial charge < -0.3 is 9.64 Å². The van der Waals surface area contributed by atoms with Gasteiger partial charge in [-0.3, -0.25) is 9.59 Å². The molecule has 1 fully saturated rings. The fourth-order valence-corrected chi connectivity index (χ4v) is 1.39. The van der Waals surface area contributed by atoms with Gasteiger partial charge in [0, 0.05) is 13.0 Å². The predicted molar refractivity (Wildman–Crippen MR) is 47.1 cm³/mol. The number of carbonyl (C=O) groups excluding carboxylic acids is 2. The van der Waals surface area contributed by atoms with Gasteiger partial charge in [-0.1, -0.05) is 0 Å². The van der Waals surface area contributed by atoms with Crippen LogP contribution in [0.4, 0.5) is 0 Å². The summed E-state index contributed by atoms with van der Waals surface area (Å²) in [6.07, 6.45) is 2.50. The van der Waals surface area contributed by atoms with E-state index < -0.39 is 0 Å². The van der Waals surface area contributed by atoms with Gasteiger partial charge in [0.15, 0.2) is 0 Å². The van der Waals surface area contributed by atoms with Crippen molar-refractivity contribution in [3.05, 3.63) is 0 Å².